The summed E-state index contributed by atoms with van der Waals surface area (Å²) in [6, 6.07) is 33.3. The van der Waals surface area contributed by atoms with Crippen LogP contribution in [0.15, 0.2) is 146 Å². The van der Waals surface area contributed by atoms with Crippen LogP contribution in [-0.4, -0.2) is 173 Å². The number of nitro groups is 2. The zero-order chi connectivity index (χ0) is 68.8. The second-order valence-electron chi connectivity index (χ2n) is 23.4. The quantitative estimate of drug-likeness (QED) is 0.0592. The Morgan fingerprint density at radius 2 is 1.03 bits per heavy atom. The number of pyridine rings is 3. The van der Waals surface area contributed by atoms with Crippen LogP contribution in [0, 0.1) is 33.0 Å². The molecule has 0 aliphatic carbocycles. The van der Waals surface area contributed by atoms with Crippen LogP contribution in [0.4, 0.5) is 32.8 Å². The van der Waals surface area contributed by atoms with Gasteiger partial charge in [0.25, 0.3) is 23.3 Å². The van der Waals surface area contributed by atoms with Gasteiger partial charge in [0, 0.05) is 143 Å². The standard InChI is InChI=1S/C28H33ClN4O4.C21H19FN4O4.C19H17ClN4O5/c1-5-37-28(36)24-25(22-18-19(2)6-11-23(22)33(27(24)35)17-12-30(3)4)31-13-15-32(16-14-31)26(34)20-7-9-21(29)10-8-20;1-23-17-5-3-2-4-16(17)18(19(21(23)28)26(29)30)24-10-12-25(13-11-24)20(27)14-6-8-15(22)9-7-14;1-21-14-5-4-12(20)11-13(14)16(17(19(21)26)24(27)28)22-6-8-23(9-7-22)18(25)15-3-2-10-29-15/h6-11,18H,5,12-17H2,1-4H3;2-9H,10-13H2,1H3;2-5,10-11H,6-9H2,1H3. The van der Waals surface area contributed by atoms with Crippen LogP contribution < -0.4 is 31.4 Å². The smallest absolute Gasteiger partial charge is 0.357 e. The fourth-order valence-corrected chi connectivity index (χ4v) is 12.5. The highest BCUT2D eigenvalue weighted by Crippen LogP contribution is 2.38. The molecule has 0 N–H and O–H groups in total. The molecular formula is C68H69Cl2FN12O13. The SMILES string of the molecule is CCOC(=O)c1c(N2CCN(C(=O)c3ccc(Cl)cc3)CC2)c2cc(C)ccc2n(CCN(C)C)c1=O.Cn1c(=O)c([N+](=O)[O-])c(N2CCN(C(=O)c3ccc(F)cc3)CC2)c2ccccc21.Cn1c(=O)c([N+](=O)[O-])c(N2CCN(C(=O)c3ccco3)CC2)c2cc(Cl)ccc21. The van der Waals surface area contributed by atoms with Gasteiger partial charge in [0.2, 0.25) is 0 Å². The molecule has 12 rings (SSSR count). The Kier molecular flexibility index (Phi) is 21.0. The third-order valence-corrected chi connectivity index (χ3v) is 17.6. The van der Waals surface area contributed by atoms with Crippen molar-refractivity contribution in [1.82, 2.24) is 33.3 Å². The molecule has 3 fully saturated rings. The zero-order valence-corrected chi connectivity index (χ0v) is 55.1. The van der Waals surface area contributed by atoms with Crippen LogP contribution in [0.2, 0.25) is 10.0 Å². The third kappa shape index (κ3) is 14.3. The second-order valence-corrected chi connectivity index (χ2v) is 24.2. The number of carbonyl (C=O) groups is 4. The maximum absolute atomic E-state index is 13.8. The van der Waals surface area contributed by atoms with Gasteiger partial charge in [-0.1, -0.05) is 53.0 Å². The van der Waals surface area contributed by atoms with E-state index in [1.165, 1.54) is 53.8 Å². The average Bonchev–Trinajstić information content (AvgIpc) is 0.782. The first kappa shape index (κ1) is 68.4. The molecule has 3 saturated heterocycles. The number of anilines is 3. The molecule has 5 aromatic carbocycles. The number of piperazine rings is 3. The molecule has 4 aromatic heterocycles. The highest BCUT2D eigenvalue weighted by Gasteiger charge is 2.35. The Balaban J connectivity index is 0.000000158. The number of furan rings is 1. The van der Waals surface area contributed by atoms with Gasteiger partial charge in [-0.3, -0.25) is 49.0 Å². The lowest BCUT2D eigenvalue weighted by atomic mass is 10.0. The van der Waals surface area contributed by atoms with E-state index in [1.54, 1.807) is 115 Å². The highest BCUT2D eigenvalue weighted by molar-refractivity contribution is 6.31. The van der Waals surface area contributed by atoms with E-state index in [0.717, 1.165) is 16.5 Å². The molecule has 28 heteroatoms. The van der Waals surface area contributed by atoms with Crippen LogP contribution in [-0.2, 0) is 25.4 Å². The molecule has 96 heavy (non-hydrogen) atoms. The van der Waals surface area contributed by atoms with Crippen LogP contribution in [0.25, 0.3) is 32.7 Å². The summed E-state index contributed by atoms with van der Waals surface area (Å²) < 4.78 is 27.8. The zero-order valence-electron chi connectivity index (χ0n) is 53.5. The highest BCUT2D eigenvalue weighted by atomic mass is 35.5. The van der Waals surface area contributed by atoms with E-state index in [1.807, 2.05) is 49.0 Å². The lowest BCUT2D eigenvalue weighted by molar-refractivity contribution is -0.385. The Bertz CT molecular complexity index is 4650. The molecular weight excluding hydrogens is 1280 g/mol. The van der Waals surface area contributed by atoms with Gasteiger partial charge in [0.15, 0.2) is 5.76 Å². The van der Waals surface area contributed by atoms with Crippen molar-refractivity contribution in [3.8, 4) is 0 Å². The first-order chi connectivity index (χ1) is 46.0. The van der Waals surface area contributed by atoms with Gasteiger partial charge in [0.05, 0.1) is 45.0 Å². The number of halogens is 3. The summed E-state index contributed by atoms with van der Waals surface area (Å²) in [5, 5.41) is 26.5. The largest absolute Gasteiger partial charge is 0.462 e. The van der Waals surface area contributed by atoms with E-state index in [-0.39, 0.29) is 52.6 Å². The summed E-state index contributed by atoms with van der Waals surface area (Å²) in [7, 11) is 6.90. The molecule has 500 valence electrons. The van der Waals surface area contributed by atoms with Gasteiger partial charge < -0.3 is 57.2 Å². The number of esters is 1. The minimum absolute atomic E-state index is 0.0520. The lowest BCUT2D eigenvalue weighted by Gasteiger charge is -2.37. The molecule has 3 amide bonds. The van der Waals surface area contributed by atoms with E-state index in [0.29, 0.717) is 140 Å². The van der Waals surface area contributed by atoms with Crippen LogP contribution in [0.5, 0.6) is 0 Å². The van der Waals surface area contributed by atoms with Gasteiger partial charge >= 0.3 is 28.5 Å². The van der Waals surface area contributed by atoms with Crippen molar-refractivity contribution in [2.75, 3.05) is 120 Å². The number of ether oxygens (including phenoxy) is 1. The summed E-state index contributed by atoms with van der Waals surface area (Å²) in [6.07, 6.45) is 1.43. The topological polar surface area (TPSA) is 266 Å². The van der Waals surface area contributed by atoms with Crippen LogP contribution in [0.1, 0.15) is 54.1 Å². The number of para-hydroxylation sites is 1. The van der Waals surface area contributed by atoms with Crippen molar-refractivity contribution in [2.45, 2.75) is 20.4 Å². The molecule has 25 nitrogen and oxygen atoms in total. The molecule has 7 heterocycles. The fraction of sp³-hybridized carbons (Fsp3) is 0.309. The number of amides is 3. The molecule has 0 unspecified atom stereocenters. The van der Waals surface area contributed by atoms with E-state index in [9.17, 15) is 58.2 Å². The predicted molar refractivity (Wildman–Crippen MR) is 365 cm³/mol. The molecule has 3 aliphatic heterocycles. The van der Waals surface area contributed by atoms with Crippen molar-refractivity contribution in [3.05, 3.63) is 223 Å². The maximum Gasteiger partial charge on any atom is 0.357 e. The van der Waals surface area contributed by atoms with Gasteiger partial charge in [-0.25, -0.2) is 9.18 Å². The van der Waals surface area contributed by atoms with Gasteiger partial charge in [-0.05, 0) is 125 Å². The number of benzene rings is 5. The molecule has 0 spiro atoms. The summed E-state index contributed by atoms with van der Waals surface area (Å²) in [6.45, 7) is 9.56. The van der Waals surface area contributed by atoms with E-state index >= 15 is 0 Å². The number of hydrogen-bond acceptors (Lipinski definition) is 17. The van der Waals surface area contributed by atoms with Gasteiger partial charge in [0.1, 0.15) is 22.8 Å². The number of rotatable bonds is 13. The Labute approximate surface area is 559 Å². The van der Waals surface area contributed by atoms with E-state index in [4.69, 9.17) is 32.4 Å². The molecule has 0 bridgehead atoms. The Morgan fingerprint density at radius 3 is 1.54 bits per heavy atom. The number of aryl methyl sites for hydroxylation is 3. The maximum atomic E-state index is 13.8. The number of carbonyl (C=O) groups excluding carboxylic acids is 4. The summed E-state index contributed by atoms with van der Waals surface area (Å²) in [4.78, 5) is 125. The average molecular weight is 1350 g/mol. The normalized spacial score (nSPS) is 14.1. The number of likely N-dealkylation sites (N-methyl/N-ethyl adjacent to an activating group) is 1. The van der Waals surface area contributed by atoms with E-state index in [2.05, 4.69) is 0 Å². The van der Waals surface area contributed by atoms with Crippen molar-refractivity contribution in [3.63, 3.8) is 0 Å². The Morgan fingerprint density at radius 1 is 0.562 bits per heavy atom. The van der Waals surface area contributed by atoms with Gasteiger partial charge in [-0.2, -0.15) is 0 Å². The van der Waals surface area contributed by atoms with Gasteiger partial charge in [-0.15, -0.1) is 0 Å². The minimum atomic E-state index is -0.686. The number of hydrogen-bond donors (Lipinski definition) is 0. The Hall–Kier alpha value is -10.4. The van der Waals surface area contributed by atoms with E-state index < -0.39 is 44.1 Å². The molecule has 0 atom stereocenters. The van der Waals surface area contributed by atoms with Crippen molar-refractivity contribution in [1.29, 1.82) is 0 Å². The van der Waals surface area contributed by atoms with Crippen molar-refractivity contribution in [2.24, 2.45) is 14.1 Å². The summed E-state index contributed by atoms with van der Waals surface area (Å²) >= 11 is 12.1. The number of nitrogens with zero attached hydrogens (tertiary/aromatic N) is 12. The summed E-state index contributed by atoms with van der Waals surface area (Å²) in [5.74, 6) is -1.32. The summed E-state index contributed by atoms with van der Waals surface area (Å²) in [5.41, 5.74) is 2.41. The second kappa shape index (κ2) is 29.5. The first-order valence-electron chi connectivity index (χ1n) is 30.9. The van der Waals surface area contributed by atoms with Crippen molar-refractivity contribution >= 4 is 108 Å². The molecule has 9 aromatic rings. The molecule has 0 radical (unpaired) electrons. The molecule has 3 aliphatic rings. The van der Waals surface area contributed by atoms with Crippen molar-refractivity contribution < 1.29 is 42.6 Å². The number of aromatic nitrogens is 3. The minimum Gasteiger partial charge on any atom is -0.462 e. The third-order valence-electron chi connectivity index (χ3n) is 17.1. The monoisotopic (exact) mass is 1350 g/mol. The first-order valence-corrected chi connectivity index (χ1v) is 31.6. The predicted octanol–water partition coefficient (Wildman–Crippen LogP) is 8.87. The van der Waals surface area contributed by atoms with Crippen LogP contribution in [0.3, 0.4) is 0 Å². The lowest BCUT2D eigenvalue weighted by Crippen LogP contribution is -2.49. The fourth-order valence-electron chi connectivity index (χ4n) is 12.2. The number of fused-ring (bicyclic) bond motifs is 3. The van der Waals surface area contributed by atoms with Crippen LogP contribution >= 0.6 is 23.2 Å². The molecule has 0 saturated carbocycles.